The number of rotatable bonds is 5. The van der Waals surface area contributed by atoms with Crippen LogP contribution in [0.25, 0.3) is 11.1 Å². The van der Waals surface area contributed by atoms with Gasteiger partial charge in [-0.3, -0.25) is 0 Å². The first-order valence-corrected chi connectivity index (χ1v) is 10.9. The topological polar surface area (TPSA) is 83.3 Å². The number of nitrogens with one attached hydrogen (secondary N) is 1. The van der Waals surface area contributed by atoms with Gasteiger partial charge in [0, 0.05) is 43.7 Å². The number of nitrogens with zero attached hydrogens (tertiary/aromatic N) is 4. The van der Waals surface area contributed by atoms with Crippen LogP contribution in [-0.2, 0) is 4.74 Å². The van der Waals surface area contributed by atoms with Gasteiger partial charge in [-0.25, -0.2) is 4.98 Å². The summed E-state index contributed by atoms with van der Waals surface area (Å²) in [7, 11) is 0. The molecule has 7 heteroatoms. The number of aryl methyl sites for hydroxylation is 1. The van der Waals surface area contributed by atoms with E-state index in [1.165, 1.54) is 5.56 Å². The smallest absolute Gasteiger partial charge is 0.224 e. The van der Waals surface area contributed by atoms with Crippen LogP contribution in [-0.4, -0.2) is 49.4 Å². The summed E-state index contributed by atoms with van der Waals surface area (Å²) in [4.78, 5) is 11.2. The van der Waals surface area contributed by atoms with Crippen LogP contribution in [0.1, 0.15) is 22.9 Å². The van der Waals surface area contributed by atoms with Crippen molar-refractivity contribution in [3.05, 3.63) is 65.5 Å². The summed E-state index contributed by atoms with van der Waals surface area (Å²) in [5, 5.41) is 12.7. The van der Waals surface area contributed by atoms with Crippen molar-refractivity contribution in [1.29, 1.82) is 5.26 Å². The second-order valence-corrected chi connectivity index (χ2v) is 8.11. The fourth-order valence-corrected chi connectivity index (χ4v) is 4.02. The molecule has 2 aliphatic rings. The van der Waals surface area contributed by atoms with Crippen molar-refractivity contribution in [2.45, 2.75) is 12.8 Å². The lowest BCUT2D eigenvalue weighted by Crippen LogP contribution is -2.39. The third kappa shape index (κ3) is 4.28. The van der Waals surface area contributed by atoms with Crippen molar-refractivity contribution in [3.8, 4) is 28.8 Å². The highest BCUT2D eigenvalue weighted by Crippen LogP contribution is 2.35. The molecule has 0 saturated carbocycles. The lowest BCUT2D eigenvalue weighted by molar-refractivity contribution is 0.122. The van der Waals surface area contributed by atoms with E-state index in [9.17, 15) is 5.26 Å². The lowest BCUT2D eigenvalue weighted by Gasteiger charge is -2.28. The van der Waals surface area contributed by atoms with E-state index in [-0.39, 0.29) is 0 Å². The maximum atomic E-state index is 9.42. The van der Waals surface area contributed by atoms with Gasteiger partial charge in [0.2, 0.25) is 5.88 Å². The van der Waals surface area contributed by atoms with Gasteiger partial charge in [-0.05, 0) is 36.2 Å². The second-order valence-electron chi connectivity index (χ2n) is 8.11. The SMILES string of the molecule is Cc1nc(Oc2cc(C#N)ccc2-c2ccc(C3CNC3)cc2)cc(N2CCOCC2)n1. The first-order valence-electron chi connectivity index (χ1n) is 10.9. The van der Waals surface area contributed by atoms with Gasteiger partial charge in [0.15, 0.2) is 0 Å². The van der Waals surface area contributed by atoms with Crippen LogP contribution in [0.4, 0.5) is 5.82 Å². The van der Waals surface area contributed by atoms with Gasteiger partial charge < -0.3 is 19.7 Å². The first-order chi connectivity index (χ1) is 15.7. The molecule has 0 bridgehead atoms. The summed E-state index contributed by atoms with van der Waals surface area (Å²) in [6, 6.07) is 18.2. The molecule has 3 heterocycles. The highest BCUT2D eigenvalue weighted by atomic mass is 16.5. The van der Waals surface area contributed by atoms with Crippen LogP contribution < -0.4 is 15.0 Å². The Morgan fingerprint density at radius 3 is 2.53 bits per heavy atom. The van der Waals surface area contributed by atoms with Crippen LogP contribution in [0.2, 0.25) is 0 Å². The molecule has 1 N–H and O–H groups in total. The largest absolute Gasteiger partial charge is 0.438 e. The van der Waals surface area contributed by atoms with Crippen molar-refractivity contribution in [1.82, 2.24) is 15.3 Å². The van der Waals surface area contributed by atoms with Gasteiger partial charge in [-0.15, -0.1) is 0 Å². The first kappa shape index (κ1) is 20.4. The summed E-state index contributed by atoms with van der Waals surface area (Å²) < 4.78 is 11.7. The quantitative estimate of drug-likeness (QED) is 0.666. The highest BCUT2D eigenvalue weighted by Gasteiger charge is 2.19. The number of ether oxygens (including phenoxy) is 2. The molecule has 2 fully saturated rings. The molecular weight excluding hydrogens is 402 g/mol. The minimum absolute atomic E-state index is 0.465. The Morgan fingerprint density at radius 2 is 1.84 bits per heavy atom. The van der Waals surface area contributed by atoms with Gasteiger partial charge in [0.1, 0.15) is 17.4 Å². The van der Waals surface area contributed by atoms with E-state index >= 15 is 0 Å². The molecule has 32 heavy (non-hydrogen) atoms. The number of hydrogen-bond donors (Lipinski definition) is 1. The van der Waals surface area contributed by atoms with E-state index in [4.69, 9.17) is 9.47 Å². The fraction of sp³-hybridized carbons (Fsp3) is 0.320. The molecule has 1 aromatic heterocycles. The van der Waals surface area contributed by atoms with Crippen LogP contribution in [0, 0.1) is 18.3 Å². The van der Waals surface area contributed by atoms with E-state index in [1.807, 2.05) is 25.1 Å². The summed E-state index contributed by atoms with van der Waals surface area (Å²) in [5.41, 5.74) is 3.84. The average Bonchev–Trinajstić information content (AvgIpc) is 2.79. The predicted molar refractivity (Wildman–Crippen MR) is 122 cm³/mol. The van der Waals surface area contributed by atoms with E-state index in [1.54, 1.807) is 6.07 Å². The van der Waals surface area contributed by atoms with Crippen LogP contribution >= 0.6 is 0 Å². The Hall–Kier alpha value is -3.47. The van der Waals surface area contributed by atoms with Gasteiger partial charge in [-0.1, -0.05) is 24.3 Å². The van der Waals surface area contributed by atoms with Gasteiger partial charge in [0.05, 0.1) is 24.8 Å². The van der Waals surface area contributed by atoms with E-state index in [0.29, 0.717) is 42.1 Å². The van der Waals surface area contributed by atoms with Crippen LogP contribution in [0.3, 0.4) is 0 Å². The molecular formula is C25H25N5O2. The second kappa shape index (κ2) is 8.95. The fourth-order valence-electron chi connectivity index (χ4n) is 4.02. The zero-order valence-electron chi connectivity index (χ0n) is 18.0. The van der Waals surface area contributed by atoms with E-state index in [0.717, 1.165) is 43.1 Å². The molecule has 5 rings (SSSR count). The Kier molecular flexibility index (Phi) is 5.71. The number of aromatic nitrogens is 2. The number of anilines is 1. The molecule has 0 amide bonds. The van der Waals surface area contributed by atoms with E-state index in [2.05, 4.69) is 50.5 Å². The Balaban J connectivity index is 1.46. The zero-order valence-corrected chi connectivity index (χ0v) is 18.0. The molecule has 0 radical (unpaired) electrons. The summed E-state index contributed by atoms with van der Waals surface area (Å²) >= 11 is 0. The number of morpholine rings is 1. The average molecular weight is 428 g/mol. The molecule has 0 atom stereocenters. The molecule has 3 aromatic rings. The monoisotopic (exact) mass is 427 g/mol. The van der Waals surface area contributed by atoms with Crippen molar-refractivity contribution < 1.29 is 9.47 Å². The number of hydrogen-bond acceptors (Lipinski definition) is 7. The molecule has 2 saturated heterocycles. The number of nitriles is 1. The Bertz CT molecular complexity index is 1150. The summed E-state index contributed by atoms with van der Waals surface area (Å²) in [5.74, 6) is 3.12. The zero-order chi connectivity index (χ0) is 21.9. The van der Waals surface area contributed by atoms with Gasteiger partial charge in [0.25, 0.3) is 0 Å². The van der Waals surface area contributed by atoms with Gasteiger partial charge >= 0.3 is 0 Å². The highest BCUT2D eigenvalue weighted by molar-refractivity contribution is 5.72. The predicted octanol–water partition coefficient (Wildman–Crippen LogP) is 3.64. The minimum atomic E-state index is 0.465. The normalized spacial score (nSPS) is 16.3. The molecule has 0 unspecified atom stereocenters. The Labute approximate surface area is 187 Å². The molecule has 162 valence electrons. The standard InChI is InChI=1S/C25H25N5O2/c1-17-28-24(30-8-10-31-11-9-30)13-25(29-17)32-23-12-18(14-26)2-7-22(23)20-5-3-19(4-6-20)21-15-27-16-21/h2-7,12-13,21,27H,8-11,15-16H2,1H3. The Morgan fingerprint density at radius 1 is 1.06 bits per heavy atom. The van der Waals surface area contributed by atoms with Crippen molar-refractivity contribution >= 4 is 5.82 Å². The van der Waals surface area contributed by atoms with Crippen molar-refractivity contribution in [3.63, 3.8) is 0 Å². The van der Waals surface area contributed by atoms with Gasteiger partial charge in [-0.2, -0.15) is 10.2 Å². The van der Waals surface area contributed by atoms with Crippen LogP contribution in [0.5, 0.6) is 11.6 Å². The maximum Gasteiger partial charge on any atom is 0.224 e. The molecule has 2 aromatic carbocycles. The molecule has 0 aliphatic carbocycles. The third-order valence-corrected chi connectivity index (χ3v) is 5.94. The third-order valence-electron chi connectivity index (χ3n) is 5.94. The van der Waals surface area contributed by atoms with Crippen molar-refractivity contribution in [2.75, 3.05) is 44.3 Å². The molecule has 7 nitrogen and oxygen atoms in total. The maximum absolute atomic E-state index is 9.42. The molecule has 0 spiro atoms. The lowest BCUT2D eigenvalue weighted by atomic mass is 9.92. The summed E-state index contributed by atoms with van der Waals surface area (Å²) in [6.45, 7) is 6.85. The molecule has 2 aliphatic heterocycles. The minimum Gasteiger partial charge on any atom is -0.438 e. The summed E-state index contributed by atoms with van der Waals surface area (Å²) in [6.07, 6.45) is 0. The van der Waals surface area contributed by atoms with E-state index < -0.39 is 0 Å². The number of benzene rings is 2. The van der Waals surface area contributed by atoms with Crippen LogP contribution in [0.15, 0.2) is 48.5 Å². The van der Waals surface area contributed by atoms with Crippen molar-refractivity contribution in [2.24, 2.45) is 0 Å².